The van der Waals surface area contributed by atoms with Gasteiger partial charge in [-0.15, -0.1) is 0 Å². The third kappa shape index (κ3) is 1.78. The summed E-state index contributed by atoms with van der Waals surface area (Å²) >= 11 is 3.53. The molecule has 42 valence electrons. The quantitative estimate of drug-likeness (QED) is 0.529. The highest BCUT2D eigenvalue weighted by Gasteiger charge is 2.06. The van der Waals surface area contributed by atoms with Crippen molar-refractivity contribution in [3.63, 3.8) is 0 Å². The van der Waals surface area contributed by atoms with Gasteiger partial charge < -0.3 is 5.32 Å². The Labute approximate surface area is 52.6 Å². The number of piperidine rings is 1. The SMILES string of the molecule is Br[C@H]1CCCNC1. The molecule has 0 amide bonds. The standard InChI is InChI=1S/C5H10BrN/c6-5-2-1-3-7-4-5/h5,7H,1-4H2/t5-/m0/s1. The fraction of sp³-hybridized carbons (Fsp3) is 1.00. The highest BCUT2D eigenvalue weighted by atomic mass is 79.9. The Bertz CT molecular complexity index is 50.0. The summed E-state index contributed by atoms with van der Waals surface area (Å²) in [5, 5.41) is 3.29. The van der Waals surface area contributed by atoms with E-state index in [0.717, 1.165) is 11.4 Å². The maximum Gasteiger partial charge on any atom is 0.0271 e. The maximum absolute atomic E-state index is 3.53. The van der Waals surface area contributed by atoms with Gasteiger partial charge in [0, 0.05) is 11.4 Å². The van der Waals surface area contributed by atoms with Crippen molar-refractivity contribution in [3.8, 4) is 0 Å². The first-order valence-corrected chi connectivity index (χ1v) is 3.66. The molecule has 0 aliphatic carbocycles. The maximum atomic E-state index is 3.53. The Balaban J connectivity index is 2.12. The van der Waals surface area contributed by atoms with Gasteiger partial charge in [-0.2, -0.15) is 0 Å². The monoisotopic (exact) mass is 163 g/mol. The zero-order chi connectivity index (χ0) is 5.11. The van der Waals surface area contributed by atoms with Crippen LogP contribution in [-0.2, 0) is 0 Å². The first kappa shape index (κ1) is 5.57. The molecule has 1 aliphatic rings. The molecule has 1 N–H and O–H groups in total. The number of rotatable bonds is 0. The lowest BCUT2D eigenvalue weighted by Gasteiger charge is -2.15. The van der Waals surface area contributed by atoms with E-state index in [2.05, 4.69) is 21.2 Å². The molecule has 0 radical (unpaired) electrons. The Morgan fingerprint density at radius 3 is 2.71 bits per heavy atom. The summed E-state index contributed by atoms with van der Waals surface area (Å²) in [7, 11) is 0. The normalized spacial score (nSPS) is 33.0. The van der Waals surface area contributed by atoms with E-state index in [1.165, 1.54) is 19.4 Å². The van der Waals surface area contributed by atoms with E-state index >= 15 is 0 Å². The minimum absolute atomic E-state index is 0.737. The largest absolute Gasteiger partial charge is 0.316 e. The molecule has 1 rings (SSSR count). The van der Waals surface area contributed by atoms with Gasteiger partial charge in [-0.3, -0.25) is 0 Å². The van der Waals surface area contributed by atoms with Gasteiger partial charge in [0.05, 0.1) is 0 Å². The van der Waals surface area contributed by atoms with Gasteiger partial charge >= 0.3 is 0 Å². The average molecular weight is 164 g/mol. The topological polar surface area (TPSA) is 12.0 Å². The van der Waals surface area contributed by atoms with Gasteiger partial charge in [0.1, 0.15) is 0 Å². The third-order valence-corrected chi connectivity index (χ3v) is 2.02. The molecular formula is C5H10BrN. The van der Waals surface area contributed by atoms with E-state index < -0.39 is 0 Å². The van der Waals surface area contributed by atoms with Crippen molar-refractivity contribution in [3.05, 3.63) is 0 Å². The number of hydrogen-bond donors (Lipinski definition) is 1. The smallest absolute Gasteiger partial charge is 0.0271 e. The van der Waals surface area contributed by atoms with Crippen LogP contribution in [-0.4, -0.2) is 17.9 Å². The Kier molecular flexibility index (Phi) is 2.13. The van der Waals surface area contributed by atoms with Crippen LogP contribution < -0.4 is 5.32 Å². The van der Waals surface area contributed by atoms with Gasteiger partial charge in [-0.1, -0.05) is 15.9 Å². The van der Waals surface area contributed by atoms with E-state index in [0.29, 0.717) is 0 Å². The molecular weight excluding hydrogens is 154 g/mol. The van der Waals surface area contributed by atoms with Gasteiger partial charge in [0.25, 0.3) is 0 Å². The lowest BCUT2D eigenvalue weighted by Crippen LogP contribution is -2.29. The number of halogens is 1. The molecule has 1 heterocycles. The van der Waals surface area contributed by atoms with Crippen molar-refractivity contribution in [1.82, 2.24) is 5.32 Å². The van der Waals surface area contributed by atoms with Gasteiger partial charge in [0.2, 0.25) is 0 Å². The Hall–Kier alpha value is 0.440. The summed E-state index contributed by atoms with van der Waals surface area (Å²) in [6, 6.07) is 0. The zero-order valence-electron chi connectivity index (χ0n) is 4.28. The van der Waals surface area contributed by atoms with E-state index in [1.807, 2.05) is 0 Å². The minimum atomic E-state index is 0.737. The molecule has 1 nitrogen and oxygen atoms in total. The van der Waals surface area contributed by atoms with Crippen molar-refractivity contribution in [1.29, 1.82) is 0 Å². The van der Waals surface area contributed by atoms with Crippen LogP contribution in [0.2, 0.25) is 0 Å². The summed E-state index contributed by atoms with van der Waals surface area (Å²) in [4.78, 5) is 0.737. The molecule has 0 bridgehead atoms. The summed E-state index contributed by atoms with van der Waals surface area (Å²) in [6.07, 6.45) is 2.67. The molecule has 7 heavy (non-hydrogen) atoms. The lowest BCUT2D eigenvalue weighted by molar-refractivity contribution is 0.536. The number of nitrogens with one attached hydrogen (secondary N) is 1. The molecule has 2 heteroatoms. The number of alkyl halides is 1. The van der Waals surface area contributed by atoms with Gasteiger partial charge in [-0.25, -0.2) is 0 Å². The predicted molar refractivity (Wildman–Crippen MR) is 34.8 cm³/mol. The second-order valence-corrected chi connectivity index (χ2v) is 3.24. The molecule has 0 aromatic heterocycles. The van der Waals surface area contributed by atoms with Crippen molar-refractivity contribution in [2.75, 3.05) is 13.1 Å². The van der Waals surface area contributed by atoms with Crippen molar-refractivity contribution in [2.45, 2.75) is 17.7 Å². The highest BCUT2D eigenvalue weighted by molar-refractivity contribution is 9.09. The Morgan fingerprint density at radius 2 is 2.43 bits per heavy atom. The molecule has 0 saturated carbocycles. The van der Waals surface area contributed by atoms with Crippen LogP contribution in [0.5, 0.6) is 0 Å². The molecule has 1 fully saturated rings. The van der Waals surface area contributed by atoms with Crippen LogP contribution in [0.3, 0.4) is 0 Å². The second-order valence-electron chi connectivity index (χ2n) is 1.94. The first-order valence-electron chi connectivity index (χ1n) is 2.74. The van der Waals surface area contributed by atoms with Crippen LogP contribution in [0.1, 0.15) is 12.8 Å². The average Bonchev–Trinajstić information content (AvgIpc) is 1.69. The first-order chi connectivity index (χ1) is 3.39. The lowest BCUT2D eigenvalue weighted by atomic mass is 10.2. The summed E-state index contributed by atoms with van der Waals surface area (Å²) < 4.78 is 0. The van der Waals surface area contributed by atoms with Crippen LogP contribution >= 0.6 is 15.9 Å². The van der Waals surface area contributed by atoms with E-state index in [4.69, 9.17) is 0 Å². The second kappa shape index (κ2) is 2.68. The summed E-state index contributed by atoms with van der Waals surface area (Å²) in [5.41, 5.74) is 0. The summed E-state index contributed by atoms with van der Waals surface area (Å²) in [5.74, 6) is 0. The third-order valence-electron chi connectivity index (χ3n) is 1.24. The molecule has 0 spiro atoms. The van der Waals surface area contributed by atoms with Crippen molar-refractivity contribution < 1.29 is 0 Å². The van der Waals surface area contributed by atoms with Crippen LogP contribution in [0.15, 0.2) is 0 Å². The zero-order valence-corrected chi connectivity index (χ0v) is 5.87. The van der Waals surface area contributed by atoms with Crippen molar-refractivity contribution in [2.24, 2.45) is 0 Å². The Morgan fingerprint density at radius 1 is 1.57 bits per heavy atom. The molecule has 0 aromatic carbocycles. The van der Waals surface area contributed by atoms with E-state index in [1.54, 1.807) is 0 Å². The molecule has 1 saturated heterocycles. The highest BCUT2D eigenvalue weighted by Crippen LogP contribution is 2.09. The number of hydrogen-bond acceptors (Lipinski definition) is 1. The predicted octanol–water partition coefficient (Wildman–Crippen LogP) is 1.13. The summed E-state index contributed by atoms with van der Waals surface area (Å²) in [6.45, 7) is 2.36. The molecule has 0 aromatic rings. The van der Waals surface area contributed by atoms with Crippen LogP contribution in [0, 0.1) is 0 Å². The van der Waals surface area contributed by atoms with Gasteiger partial charge in [-0.05, 0) is 19.4 Å². The molecule has 1 atom stereocenters. The van der Waals surface area contributed by atoms with Crippen molar-refractivity contribution >= 4 is 15.9 Å². The van der Waals surface area contributed by atoms with Crippen LogP contribution in [0.4, 0.5) is 0 Å². The molecule has 1 aliphatic heterocycles. The fourth-order valence-electron chi connectivity index (χ4n) is 0.809. The molecule has 0 unspecified atom stereocenters. The van der Waals surface area contributed by atoms with Gasteiger partial charge in [0.15, 0.2) is 0 Å². The van der Waals surface area contributed by atoms with E-state index in [9.17, 15) is 0 Å². The fourth-order valence-corrected chi connectivity index (χ4v) is 1.36. The minimum Gasteiger partial charge on any atom is -0.316 e. The van der Waals surface area contributed by atoms with E-state index in [-0.39, 0.29) is 0 Å². The van der Waals surface area contributed by atoms with Crippen LogP contribution in [0.25, 0.3) is 0 Å².